The lowest BCUT2D eigenvalue weighted by Crippen LogP contribution is -2.01. The van der Waals surface area contributed by atoms with Crippen LogP contribution in [0.15, 0.2) is 42.5 Å². The van der Waals surface area contributed by atoms with Gasteiger partial charge in [-0.1, -0.05) is 134 Å². The van der Waals surface area contributed by atoms with E-state index in [1.807, 2.05) is 0 Å². The number of anilines is 1. The minimum Gasteiger partial charge on any atom is -0.385 e. The first kappa shape index (κ1) is 23.8. The van der Waals surface area contributed by atoms with Crippen molar-refractivity contribution in [3.8, 4) is 0 Å². The largest absolute Gasteiger partial charge is 0.385 e. The van der Waals surface area contributed by atoms with Gasteiger partial charge < -0.3 is 5.32 Å². The molecule has 0 amide bonds. The number of unbranched alkanes of at least 4 members (excludes halogenated alkanes) is 15. The summed E-state index contributed by atoms with van der Waals surface area (Å²) in [5.41, 5.74) is 1.25. The van der Waals surface area contributed by atoms with Gasteiger partial charge in [0.15, 0.2) is 0 Å². The summed E-state index contributed by atoms with van der Waals surface area (Å²) in [7, 11) is 0. The summed E-state index contributed by atoms with van der Waals surface area (Å²) in [6.45, 7) is 3.39. The van der Waals surface area contributed by atoms with Crippen LogP contribution in [0.3, 0.4) is 0 Å². The summed E-state index contributed by atoms with van der Waals surface area (Å²) in [5.74, 6) is 0. The van der Waals surface area contributed by atoms with Crippen molar-refractivity contribution in [3.63, 3.8) is 0 Å². The lowest BCUT2D eigenvalue weighted by Gasteiger charge is -2.08. The zero-order chi connectivity index (χ0) is 20.4. The van der Waals surface area contributed by atoms with E-state index >= 15 is 0 Å². The van der Waals surface area contributed by atoms with Gasteiger partial charge in [-0.25, -0.2) is 0 Å². The highest BCUT2D eigenvalue weighted by Gasteiger charge is 1.97. The van der Waals surface area contributed by atoms with Crippen molar-refractivity contribution in [3.05, 3.63) is 42.5 Å². The highest BCUT2D eigenvalue weighted by molar-refractivity contribution is 5.85. The maximum Gasteiger partial charge on any atom is 0.0346 e. The molecular formula is C28H45N. The molecular weight excluding hydrogens is 350 g/mol. The van der Waals surface area contributed by atoms with Gasteiger partial charge in [0.25, 0.3) is 0 Å². The van der Waals surface area contributed by atoms with Gasteiger partial charge in [-0.2, -0.15) is 0 Å². The Labute approximate surface area is 180 Å². The molecule has 0 aliphatic carbocycles. The van der Waals surface area contributed by atoms with E-state index in [1.54, 1.807) is 0 Å². The fraction of sp³-hybridized carbons (Fsp3) is 0.643. The number of fused-ring (bicyclic) bond motifs is 1. The van der Waals surface area contributed by atoms with Crippen molar-refractivity contribution in [1.29, 1.82) is 0 Å². The first-order chi connectivity index (χ1) is 14.4. The molecule has 2 aromatic carbocycles. The molecule has 0 radical (unpaired) electrons. The van der Waals surface area contributed by atoms with Crippen LogP contribution in [0.25, 0.3) is 10.8 Å². The molecule has 0 aromatic heterocycles. The molecule has 2 rings (SSSR count). The van der Waals surface area contributed by atoms with Crippen LogP contribution >= 0.6 is 0 Å². The molecule has 0 bridgehead atoms. The second kappa shape index (κ2) is 16.3. The minimum absolute atomic E-state index is 1.09. The van der Waals surface area contributed by atoms with Crippen molar-refractivity contribution in [1.82, 2.24) is 0 Å². The Hall–Kier alpha value is -1.50. The Balaban J connectivity index is 1.33. The molecule has 0 atom stereocenters. The van der Waals surface area contributed by atoms with Crippen LogP contribution in [0, 0.1) is 0 Å². The van der Waals surface area contributed by atoms with Crippen LogP contribution in [0.1, 0.15) is 110 Å². The normalized spacial score (nSPS) is 11.2. The van der Waals surface area contributed by atoms with Gasteiger partial charge in [0.2, 0.25) is 0 Å². The first-order valence-corrected chi connectivity index (χ1v) is 12.6. The SMILES string of the molecule is CCCCCCCCCCCCCCCCCCNc1ccc2ccccc2c1. The van der Waals surface area contributed by atoms with Crippen molar-refractivity contribution in [2.24, 2.45) is 0 Å². The van der Waals surface area contributed by atoms with Crippen molar-refractivity contribution >= 4 is 16.5 Å². The topological polar surface area (TPSA) is 12.0 Å². The molecule has 0 aliphatic rings. The monoisotopic (exact) mass is 395 g/mol. The number of rotatable bonds is 18. The zero-order valence-electron chi connectivity index (χ0n) is 19.1. The highest BCUT2D eigenvalue weighted by atomic mass is 14.9. The fourth-order valence-corrected chi connectivity index (χ4v) is 4.21. The van der Waals surface area contributed by atoms with Crippen molar-refractivity contribution < 1.29 is 0 Å². The third-order valence-corrected chi connectivity index (χ3v) is 6.11. The van der Waals surface area contributed by atoms with Gasteiger partial charge in [-0.15, -0.1) is 0 Å². The first-order valence-electron chi connectivity index (χ1n) is 12.6. The van der Waals surface area contributed by atoms with Gasteiger partial charge in [-0.05, 0) is 29.3 Å². The molecule has 0 heterocycles. The van der Waals surface area contributed by atoms with Crippen molar-refractivity contribution in [2.75, 3.05) is 11.9 Å². The molecule has 29 heavy (non-hydrogen) atoms. The zero-order valence-corrected chi connectivity index (χ0v) is 19.1. The summed E-state index contributed by atoms with van der Waals surface area (Å²) >= 11 is 0. The van der Waals surface area contributed by atoms with Crippen LogP contribution in [-0.4, -0.2) is 6.54 Å². The van der Waals surface area contributed by atoms with Crippen LogP contribution < -0.4 is 5.32 Å². The van der Waals surface area contributed by atoms with Gasteiger partial charge >= 0.3 is 0 Å². The second-order valence-electron chi connectivity index (χ2n) is 8.79. The molecule has 1 heteroatoms. The van der Waals surface area contributed by atoms with E-state index in [1.165, 1.54) is 119 Å². The predicted octanol–water partition coefficient (Wildman–Crippen LogP) is 9.51. The van der Waals surface area contributed by atoms with Gasteiger partial charge in [-0.3, -0.25) is 0 Å². The van der Waals surface area contributed by atoms with E-state index in [9.17, 15) is 0 Å². The molecule has 0 saturated carbocycles. The third-order valence-electron chi connectivity index (χ3n) is 6.11. The number of hydrogen-bond acceptors (Lipinski definition) is 1. The summed E-state index contributed by atoms with van der Waals surface area (Å²) < 4.78 is 0. The lowest BCUT2D eigenvalue weighted by atomic mass is 10.0. The molecule has 0 spiro atoms. The number of nitrogens with one attached hydrogen (secondary N) is 1. The van der Waals surface area contributed by atoms with E-state index in [-0.39, 0.29) is 0 Å². The lowest BCUT2D eigenvalue weighted by molar-refractivity contribution is 0.530. The van der Waals surface area contributed by atoms with E-state index in [0.29, 0.717) is 0 Å². The van der Waals surface area contributed by atoms with Crippen LogP contribution in [0.5, 0.6) is 0 Å². The average molecular weight is 396 g/mol. The molecule has 1 nitrogen and oxygen atoms in total. The Kier molecular flexibility index (Phi) is 13.4. The smallest absolute Gasteiger partial charge is 0.0346 e. The number of benzene rings is 2. The third kappa shape index (κ3) is 11.3. The molecule has 0 fully saturated rings. The maximum atomic E-state index is 3.59. The van der Waals surface area contributed by atoms with E-state index in [2.05, 4.69) is 54.7 Å². The Morgan fingerprint density at radius 2 is 1.00 bits per heavy atom. The van der Waals surface area contributed by atoms with E-state index in [4.69, 9.17) is 0 Å². The standard InChI is InChI=1S/C28H45N/c1-2-3-4-5-6-7-8-9-10-11-12-13-14-15-16-19-24-29-28-23-22-26-20-17-18-21-27(26)25-28/h17-18,20-23,25,29H,2-16,19,24H2,1H3. The van der Waals surface area contributed by atoms with Crippen molar-refractivity contribution in [2.45, 2.75) is 110 Å². The molecule has 0 saturated heterocycles. The molecule has 162 valence electrons. The summed E-state index contributed by atoms with van der Waals surface area (Å²) in [5, 5.41) is 6.23. The number of hydrogen-bond donors (Lipinski definition) is 1. The predicted molar refractivity (Wildman–Crippen MR) is 132 cm³/mol. The van der Waals surface area contributed by atoms with E-state index < -0.39 is 0 Å². The molecule has 2 aromatic rings. The van der Waals surface area contributed by atoms with E-state index in [0.717, 1.165) is 6.54 Å². The summed E-state index contributed by atoms with van der Waals surface area (Å²) in [6.07, 6.45) is 22.9. The van der Waals surface area contributed by atoms with Crippen LogP contribution in [-0.2, 0) is 0 Å². The Morgan fingerprint density at radius 1 is 0.517 bits per heavy atom. The van der Waals surface area contributed by atoms with Gasteiger partial charge in [0, 0.05) is 12.2 Å². The maximum absolute atomic E-state index is 3.59. The summed E-state index contributed by atoms with van der Waals surface area (Å²) in [6, 6.07) is 15.3. The molecule has 0 aliphatic heterocycles. The Bertz CT molecular complexity index is 633. The molecule has 1 N–H and O–H groups in total. The van der Waals surface area contributed by atoms with Gasteiger partial charge in [0.05, 0.1) is 0 Å². The highest BCUT2D eigenvalue weighted by Crippen LogP contribution is 2.19. The fourth-order valence-electron chi connectivity index (χ4n) is 4.21. The molecule has 0 unspecified atom stereocenters. The summed E-state index contributed by atoms with van der Waals surface area (Å²) in [4.78, 5) is 0. The van der Waals surface area contributed by atoms with Crippen LogP contribution in [0.4, 0.5) is 5.69 Å². The van der Waals surface area contributed by atoms with Gasteiger partial charge in [0.1, 0.15) is 0 Å². The second-order valence-corrected chi connectivity index (χ2v) is 8.79. The minimum atomic E-state index is 1.09. The quantitative estimate of drug-likeness (QED) is 0.248. The Morgan fingerprint density at radius 3 is 1.55 bits per heavy atom. The average Bonchev–Trinajstić information content (AvgIpc) is 2.76. The van der Waals surface area contributed by atoms with Crippen LogP contribution in [0.2, 0.25) is 0 Å².